The van der Waals surface area contributed by atoms with Crippen LogP contribution in [0.3, 0.4) is 0 Å². The van der Waals surface area contributed by atoms with Gasteiger partial charge in [-0.05, 0) is 30.3 Å². The van der Waals surface area contributed by atoms with Gasteiger partial charge in [-0.25, -0.2) is 0 Å². The first kappa shape index (κ1) is 18.1. The van der Waals surface area contributed by atoms with Crippen molar-refractivity contribution in [1.29, 1.82) is 0 Å². The quantitative estimate of drug-likeness (QED) is 0.678. The Morgan fingerprint density at radius 1 is 0.893 bits per heavy atom. The molecule has 0 radical (unpaired) electrons. The summed E-state index contributed by atoms with van der Waals surface area (Å²) >= 11 is 1.58. The second-order valence-corrected chi connectivity index (χ2v) is 7.46. The van der Waals surface area contributed by atoms with Crippen LogP contribution >= 0.6 is 11.8 Å². The maximum absolute atomic E-state index is 12.7. The van der Waals surface area contributed by atoms with E-state index in [1.54, 1.807) is 17.8 Å². The Morgan fingerprint density at radius 3 is 2.29 bits per heavy atom. The highest BCUT2D eigenvalue weighted by Gasteiger charge is 2.31. The van der Waals surface area contributed by atoms with Crippen LogP contribution in [-0.4, -0.2) is 23.3 Å². The molecule has 1 aliphatic rings. The van der Waals surface area contributed by atoms with Gasteiger partial charge in [0, 0.05) is 26.6 Å². The lowest BCUT2D eigenvalue weighted by Gasteiger charge is -2.18. The molecule has 0 fully saturated rings. The summed E-state index contributed by atoms with van der Waals surface area (Å²) in [5.74, 6) is -0.453. The predicted octanol–water partition coefficient (Wildman–Crippen LogP) is 4.90. The zero-order valence-electron chi connectivity index (χ0n) is 15.1. The minimum atomic E-state index is -0.261. The van der Waals surface area contributed by atoms with E-state index in [0.29, 0.717) is 11.3 Å². The van der Waals surface area contributed by atoms with Crippen LogP contribution < -0.4 is 5.32 Å². The van der Waals surface area contributed by atoms with Crippen molar-refractivity contribution >= 4 is 35.0 Å². The van der Waals surface area contributed by atoms with Crippen molar-refractivity contribution in [2.45, 2.75) is 9.79 Å². The van der Waals surface area contributed by atoms with Gasteiger partial charge >= 0.3 is 0 Å². The summed E-state index contributed by atoms with van der Waals surface area (Å²) in [4.78, 5) is 28.7. The topological polar surface area (TPSA) is 49.4 Å². The molecular formula is C23H18N2O2S. The van der Waals surface area contributed by atoms with E-state index in [0.717, 1.165) is 21.0 Å². The number of hydrogen-bond donors (Lipinski definition) is 1. The molecule has 1 aliphatic heterocycles. The third kappa shape index (κ3) is 3.57. The van der Waals surface area contributed by atoms with Gasteiger partial charge in [-0.2, -0.15) is 0 Å². The van der Waals surface area contributed by atoms with Crippen molar-refractivity contribution in [1.82, 2.24) is 4.90 Å². The normalized spacial score (nSPS) is 12.8. The van der Waals surface area contributed by atoms with E-state index >= 15 is 0 Å². The van der Waals surface area contributed by atoms with E-state index in [9.17, 15) is 9.59 Å². The lowest BCUT2D eigenvalue weighted by atomic mass is 10.1. The highest BCUT2D eigenvalue weighted by atomic mass is 32.2. The highest BCUT2D eigenvalue weighted by molar-refractivity contribution is 7.99. The van der Waals surface area contributed by atoms with Crippen molar-refractivity contribution < 1.29 is 9.59 Å². The van der Waals surface area contributed by atoms with Gasteiger partial charge in [0.2, 0.25) is 5.91 Å². The van der Waals surface area contributed by atoms with Crippen LogP contribution in [0.15, 0.2) is 95.2 Å². The van der Waals surface area contributed by atoms with Crippen molar-refractivity contribution in [3.63, 3.8) is 0 Å². The number of rotatable bonds is 5. The number of benzene rings is 3. The number of carbonyl (C=O) groups excluding carboxylic acids is 2. The maximum atomic E-state index is 12.7. The Labute approximate surface area is 167 Å². The molecule has 1 heterocycles. The first-order valence-electron chi connectivity index (χ1n) is 8.85. The molecule has 4 nitrogen and oxygen atoms in total. The molecule has 0 saturated carbocycles. The average molecular weight is 386 g/mol. The van der Waals surface area contributed by atoms with Crippen LogP contribution in [0.5, 0.6) is 0 Å². The lowest BCUT2D eigenvalue weighted by Crippen LogP contribution is -2.32. The van der Waals surface area contributed by atoms with E-state index in [1.807, 2.05) is 72.8 Å². The highest BCUT2D eigenvalue weighted by Crippen LogP contribution is 2.34. The average Bonchev–Trinajstić information content (AvgIpc) is 2.95. The van der Waals surface area contributed by atoms with Crippen LogP contribution in [-0.2, 0) is 4.79 Å². The van der Waals surface area contributed by atoms with Gasteiger partial charge < -0.3 is 5.32 Å². The number of fused-ring (bicyclic) bond motifs is 1. The van der Waals surface area contributed by atoms with Crippen LogP contribution in [0.4, 0.5) is 5.69 Å². The third-order valence-electron chi connectivity index (χ3n) is 4.47. The minimum absolute atomic E-state index is 0.0727. The second-order valence-electron chi connectivity index (χ2n) is 6.34. The largest absolute Gasteiger partial charge is 0.324 e. The fourth-order valence-corrected chi connectivity index (χ4v) is 4.03. The monoisotopic (exact) mass is 386 g/mol. The molecule has 4 rings (SSSR count). The molecule has 5 heteroatoms. The van der Waals surface area contributed by atoms with Crippen LogP contribution in [0.25, 0.3) is 5.70 Å². The number of nitrogens with zero attached hydrogens (tertiary/aromatic N) is 1. The van der Waals surface area contributed by atoms with Gasteiger partial charge in [-0.1, -0.05) is 66.9 Å². The molecule has 0 saturated heterocycles. The maximum Gasteiger partial charge on any atom is 0.259 e. The number of nitrogens with one attached hydrogen (secondary N) is 1. The molecule has 0 aliphatic carbocycles. The van der Waals surface area contributed by atoms with E-state index < -0.39 is 0 Å². The van der Waals surface area contributed by atoms with E-state index in [1.165, 1.54) is 4.90 Å². The molecule has 0 unspecified atom stereocenters. The van der Waals surface area contributed by atoms with E-state index in [-0.39, 0.29) is 18.4 Å². The van der Waals surface area contributed by atoms with Gasteiger partial charge in [0.05, 0.1) is 5.69 Å². The molecule has 138 valence electrons. The second kappa shape index (κ2) is 7.74. The summed E-state index contributed by atoms with van der Waals surface area (Å²) in [6.07, 6.45) is 0. The van der Waals surface area contributed by atoms with Crippen molar-refractivity contribution in [2.75, 3.05) is 11.9 Å². The minimum Gasteiger partial charge on any atom is -0.324 e. The molecule has 0 spiro atoms. The van der Waals surface area contributed by atoms with Gasteiger partial charge in [0.15, 0.2) is 0 Å². The SMILES string of the molecule is C=C1c2ccccc2C(=O)N1CC(=O)Nc1ccccc1Sc1ccccc1. The summed E-state index contributed by atoms with van der Waals surface area (Å²) in [7, 11) is 0. The molecule has 3 aromatic rings. The summed E-state index contributed by atoms with van der Waals surface area (Å²) in [5.41, 5.74) is 2.64. The molecule has 0 atom stereocenters. The van der Waals surface area contributed by atoms with Crippen LogP contribution in [0.1, 0.15) is 15.9 Å². The smallest absolute Gasteiger partial charge is 0.259 e. The summed E-state index contributed by atoms with van der Waals surface area (Å²) < 4.78 is 0. The third-order valence-corrected chi connectivity index (χ3v) is 5.56. The number of hydrogen-bond acceptors (Lipinski definition) is 3. The Kier molecular flexibility index (Phi) is 5.00. The predicted molar refractivity (Wildman–Crippen MR) is 112 cm³/mol. The Hall–Kier alpha value is -3.31. The molecule has 0 bridgehead atoms. The molecule has 28 heavy (non-hydrogen) atoms. The zero-order chi connectivity index (χ0) is 19.5. The molecule has 3 aromatic carbocycles. The first-order chi connectivity index (χ1) is 13.6. The van der Waals surface area contributed by atoms with Crippen LogP contribution in [0, 0.1) is 0 Å². The number of amides is 2. The first-order valence-corrected chi connectivity index (χ1v) is 9.67. The Morgan fingerprint density at radius 2 is 1.54 bits per heavy atom. The summed E-state index contributed by atoms with van der Waals surface area (Å²) in [6, 6.07) is 24.9. The molecule has 0 aromatic heterocycles. The van der Waals surface area contributed by atoms with Gasteiger partial charge in [0.1, 0.15) is 6.54 Å². The van der Waals surface area contributed by atoms with Gasteiger partial charge in [0.25, 0.3) is 5.91 Å². The Bertz CT molecular complexity index is 1030. The molecular weight excluding hydrogens is 368 g/mol. The lowest BCUT2D eigenvalue weighted by molar-refractivity contribution is -0.116. The molecule has 2 amide bonds. The fourth-order valence-electron chi connectivity index (χ4n) is 3.11. The Balaban J connectivity index is 1.48. The number of carbonyl (C=O) groups is 2. The number of anilines is 1. The van der Waals surface area contributed by atoms with E-state index in [4.69, 9.17) is 0 Å². The van der Waals surface area contributed by atoms with Crippen LogP contribution in [0.2, 0.25) is 0 Å². The van der Waals surface area contributed by atoms with Crippen molar-refractivity contribution in [3.8, 4) is 0 Å². The van der Waals surface area contributed by atoms with Crippen molar-refractivity contribution in [2.24, 2.45) is 0 Å². The van der Waals surface area contributed by atoms with Gasteiger partial charge in [-0.15, -0.1) is 0 Å². The summed E-state index contributed by atoms with van der Waals surface area (Å²) in [6.45, 7) is 3.91. The standard InChI is InChI=1S/C23H18N2O2S/c1-16-18-11-5-6-12-19(18)23(27)25(16)15-22(26)24-20-13-7-8-14-21(20)28-17-9-3-2-4-10-17/h2-14H,1,15H2,(H,24,26). The number of para-hydroxylation sites is 1. The summed E-state index contributed by atoms with van der Waals surface area (Å²) in [5, 5.41) is 2.93. The van der Waals surface area contributed by atoms with Gasteiger partial charge in [-0.3, -0.25) is 14.5 Å². The molecule has 1 N–H and O–H groups in total. The van der Waals surface area contributed by atoms with E-state index in [2.05, 4.69) is 11.9 Å². The fraction of sp³-hybridized carbons (Fsp3) is 0.0435. The zero-order valence-corrected chi connectivity index (χ0v) is 15.9. The van der Waals surface area contributed by atoms with Crippen molar-refractivity contribution in [3.05, 3.63) is 96.6 Å².